The molecule has 2 aliphatic carbocycles. The summed E-state index contributed by atoms with van der Waals surface area (Å²) < 4.78 is 4.82. The van der Waals surface area contributed by atoms with Gasteiger partial charge in [0.05, 0.1) is 13.7 Å². The number of hydrogen-bond donors (Lipinski definition) is 1. The first-order valence-electron chi connectivity index (χ1n) is 8.25. The number of hydrogen-bond acceptors (Lipinski definition) is 4. The van der Waals surface area contributed by atoms with Crippen molar-refractivity contribution < 1.29 is 9.53 Å². The monoisotopic (exact) mass is 280 g/mol. The van der Waals surface area contributed by atoms with Crippen molar-refractivity contribution in [3.8, 4) is 0 Å². The summed E-state index contributed by atoms with van der Waals surface area (Å²) in [7, 11) is 1.48. The van der Waals surface area contributed by atoms with Crippen LogP contribution < -0.4 is 5.32 Å². The lowest BCUT2D eigenvalue weighted by molar-refractivity contribution is -0.142. The Labute approximate surface area is 122 Å². The zero-order valence-corrected chi connectivity index (χ0v) is 12.6. The molecule has 1 saturated heterocycles. The van der Waals surface area contributed by atoms with Crippen LogP contribution in [0.3, 0.4) is 0 Å². The Hall–Kier alpha value is -0.610. The molecule has 0 bridgehead atoms. The van der Waals surface area contributed by atoms with Crippen molar-refractivity contribution in [2.24, 2.45) is 17.8 Å². The number of esters is 1. The number of ether oxygens (including phenoxy) is 1. The SMILES string of the molecule is COC(=O)CN1CC(CC2CC2)CC(NCC2CC2)C1. The maximum atomic E-state index is 11.5. The summed E-state index contributed by atoms with van der Waals surface area (Å²) in [6.45, 7) is 3.71. The highest BCUT2D eigenvalue weighted by Gasteiger charge is 2.33. The Morgan fingerprint density at radius 3 is 2.55 bits per heavy atom. The van der Waals surface area contributed by atoms with Crippen molar-refractivity contribution >= 4 is 5.97 Å². The maximum Gasteiger partial charge on any atom is 0.319 e. The van der Waals surface area contributed by atoms with E-state index in [-0.39, 0.29) is 5.97 Å². The molecule has 4 heteroatoms. The molecule has 20 heavy (non-hydrogen) atoms. The van der Waals surface area contributed by atoms with Gasteiger partial charge in [0, 0.05) is 19.1 Å². The molecule has 3 aliphatic rings. The van der Waals surface area contributed by atoms with Crippen LogP contribution in [0.1, 0.15) is 38.5 Å². The first kappa shape index (κ1) is 14.3. The van der Waals surface area contributed by atoms with Gasteiger partial charge in [0.25, 0.3) is 0 Å². The Balaban J connectivity index is 1.50. The van der Waals surface area contributed by atoms with E-state index in [1.807, 2.05) is 0 Å². The van der Waals surface area contributed by atoms with Crippen molar-refractivity contribution in [3.63, 3.8) is 0 Å². The molecule has 4 nitrogen and oxygen atoms in total. The van der Waals surface area contributed by atoms with E-state index in [2.05, 4.69) is 10.2 Å². The smallest absolute Gasteiger partial charge is 0.319 e. The quantitative estimate of drug-likeness (QED) is 0.720. The Kier molecular flexibility index (Phi) is 4.61. The minimum atomic E-state index is -0.0991. The van der Waals surface area contributed by atoms with Crippen molar-refractivity contribution in [2.45, 2.75) is 44.6 Å². The molecule has 0 spiro atoms. The third-order valence-electron chi connectivity index (χ3n) is 4.95. The van der Waals surface area contributed by atoms with Gasteiger partial charge in [-0.1, -0.05) is 12.8 Å². The third-order valence-corrected chi connectivity index (χ3v) is 4.95. The third kappa shape index (κ3) is 4.45. The first-order valence-corrected chi connectivity index (χ1v) is 8.25. The van der Waals surface area contributed by atoms with E-state index in [9.17, 15) is 4.79 Å². The zero-order valence-electron chi connectivity index (χ0n) is 12.6. The van der Waals surface area contributed by atoms with Gasteiger partial charge < -0.3 is 10.1 Å². The Bertz CT molecular complexity index is 339. The second-order valence-corrected chi connectivity index (χ2v) is 7.10. The van der Waals surface area contributed by atoms with Crippen LogP contribution >= 0.6 is 0 Å². The van der Waals surface area contributed by atoms with Crippen LogP contribution in [0.5, 0.6) is 0 Å². The summed E-state index contributed by atoms with van der Waals surface area (Å²) in [6.07, 6.45) is 8.30. The summed E-state index contributed by atoms with van der Waals surface area (Å²) >= 11 is 0. The predicted molar refractivity (Wildman–Crippen MR) is 78.4 cm³/mol. The molecule has 0 radical (unpaired) electrons. The fourth-order valence-electron chi connectivity index (χ4n) is 3.48. The second kappa shape index (κ2) is 6.44. The van der Waals surface area contributed by atoms with E-state index < -0.39 is 0 Å². The molecule has 0 amide bonds. The van der Waals surface area contributed by atoms with Gasteiger partial charge in [0.2, 0.25) is 0 Å². The molecule has 114 valence electrons. The lowest BCUT2D eigenvalue weighted by Gasteiger charge is -2.38. The van der Waals surface area contributed by atoms with Gasteiger partial charge in [0.1, 0.15) is 0 Å². The van der Waals surface area contributed by atoms with E-state index in [1.165, 1.54) is 52.2 Å². The summed E-state index contributed by atoms with van der Waals surface area (Å²) in [4.78, 5) is 13.8. The van der Waals surface area contributed by atoms with Crippen molar-refractivity contribution in [1.82, 2.24) is 10.2 Å². The highest BCUT2D eigenvalue weighted by molar-refractivity contribution is 5.71. The highest BCUT2D eigenvalue weighted by Crippen LogP contribution is 2.38. The van der Waals surface area contributed by atoms with E-state index >= 15 is 0 Å². The van der Waals surface area contributed by atoms with Gasteiger partial charge in [-0.3, -0.25) is 9.69 Å². The van der Waals surface area contributed by atoms with Crippen LogP contribution in [0.25, 0.3) is 0 Å². The Morgan fingerprint density at radius 1 is 1.15 bits per heavy atom. The maximum absolute atomic E-state index is 11.5. The molecular formula is C16H28N2O2. The fourth-order valence-corrected chi connectivity index (χ4v) is 3.48. The summed E-state index contributed by atoms with van der Waals surface area (Å²) in [5, 5.41) is 3.73. The van der Waals surface area contributed by atoms with Gasteiger partial charge in [-0.05, 0) is 50.0 Å². The number of carbonyl (C=O) groups is 1. The van der Waals surface area contributed by atoms with Crippen LogP contribution in [0.2, 0.25) is 0 Å². The lowest BCUT2D eigenvalue weighted by atomic mass is 9.89. The van der Waals surface area contributed by atoms with Gasteiger partial charge in [-0.2, -0.15) is 0 Å². The highest BCUT2D eigenvalue weighted by atomic mass is 16.5. The normalized spacial score (nSPS) is 31.2. The largest absolute Gasteiger partial charge is 0.468 e. The molecule has 0 aromatic heterocycles. The predicted octanol–water partition coefficient (Wildman–Crippen LogP) is 1.65. The molecule has 3 fully saturated rings. The van der Waals surface area contributed by atoms with Gasteiger partial charge in [-0.25, -0.2) is 0 Å². The number of rotatable bonds is 7. The topological polar surface area (TPSA) is 41.6 Å². The van der Waals surface area contributed by atoms with Gasteiger partial charge in [0.15, 0.2) is 0 Å². The molecule has 2 atom stereocenters. The molecule has 1 aliphatic heterocycles. The molecule has 1 N–H and O–H groups in total. The van der Waals surface area contributed by atoms with Crippen molar-refractivity contribution in [3.05, 3.63) is 0 Å². The molecular weight excluding hydrogens is 252 g/mol. The van der Waals surface area contributed by atoms with Crippen molar-refractivity contribution in [2.75, 3.05) is 33.3 Å². The van der Waals surface area contributed by atoms with Crippen LogP contribution in [0, 0.1) is 17.8 Å². The summed E-state index contributed by atoms with van der Waals surface area (Å²) in [5.74, 6) is 2.56. The van der Waals surface area contributed by atoms with Crippen LogP contribution in [-0.4, -0.2) is 50.2 Å². The summed E-state index contributed by atoms with van der Waals surface area (Å²) in [6, 6.07) is 0.567. The minimum Gasteiger partial charge on any atom is -0.468 e. The summed E-state index contributed by atoms with van der Waals surface area (Å²) in [5.41, 5.74) is 0. The zero-order chi connectivity index (χ0) is 13.9. The number of piperidine rings is 1. The van der Waals surface area contributed by atoms with Crippen LogP contribution in [0.4, 0.5) is 0 Å². The number of nitrogens with zero attached hydrogens (tertiary/aromatic N) is 1. The number of nitrogens with one attached hydrogen (secondary N) is 1. The van der Waals surface area contributed by atoms with E-state index in [0.717, 1.165) is 30.8 Å². The number of methoxy groups -OCH3 is 1. The van der Waals surface area contributed by atoms with Crippen molar-refractivity contribution in [1.29, 1.82) is 0 Å². The molecule has 2 unspecified atom stereocenters. The lowest BCUT2D eigenvalue weighted by Crippen LogP contribution is -2.51. The van der Waals surface area contributed by atoms with E-state index in [1.54, 1.807) is 0 Å². The van der Waals surface area contributed by atoms with E-state index in [4.69, 9.17) is 4.74 Å². The van der Waals surface area contributed by atoms with Gasteiger partial charge >= 0.3 is 5.97 Å². The minimum absolute atomic E-state index is 0.0991. The molecule has 3 rings (SSSR count). The van der Waals surface area contributed by atoms with Crippen LogP contribution in [-0.2, 0) is 9.53 Å². The fraction of sp³-hybridized carbons (Fsp3) is 0.938. The molecule has 2 saturated carbocycles. The first-order chi connectivity index (χ1) is 9.72. The molecule has 1 heterocycles. The Morgan fingerprint density at radius 2 is 1.90 bits per heavy atom. The number of likely N-dealkylation sites (tertiary alicyclic amines) is 1. The second-order valence-electron chi connectivity index (χ2n) is 7.10. The average Bonchev–Trinajstić information content (AvgIpc) is 3.31. The average molecular weight is 280 g/mol. The standard InChI is InChI=1S/C16H28N2O2/c1-20-16(19)11-18-9-14(6-12-2-3-12)7-15(10-18)17-8-13-4-5-13/h12-15,17H,2-11H2,1H3. The molecule has 0 aromatic rings. The van der Waals surface area contributed by atoms with E-state index in [0.29, 0.717) is 12.6 Å². The van der Waals surface area contributed by atoms with Gasteiger partial charge in [-0.15, -0.1) is 0 Å². The molecule has 0 aromatic carbocycles. The number of carbonyl (C=O) groups excluding carboxylic acids is 1. The van der Waals surface area contributed by atoms with Crippen LogP contribution in [0.15, 0.2) is 0 Å².